The van der Waals surface area contributed by atoms with Crippen molar-refractivity contribution in [1.82, 2.24) is 14.9 Å². The summed E-state index contributed by atoms with van der Waals surface area (Å²) in [6.07, 6.45) is 2.26. The van der Waals surface area contributed by atoms with Crippen molar-refractivity contribution < 1.29 is 14.3 Å². The van der Waals surface area contributed by atoms with Gasteiger partial charge in [-0.2, -0.15) is 0 Å². The van der Waals surface area contributed by atoms with Crippen molar-refractivity contribution in [2.45, 2.75) is 18.9 Å². The fourth-order valence-corrected chi connectivity index (χ4v) is 2.66. The summed E-state index contributed by atoms with van der Waals surface area (Å²) in [5, 5.41) is 0. The Kier molecular flexibility index (Phi) is 5.14. The van der Waals surface area contributed by atoms with E-state index in [0.717, 1.165) is 30.8 Å². The van der Waals surface area contributed by atoms with Crippen LogP contribution in [0, 0.1) is 0 Å². The molecule has 0 aliphatic carbocycles. The van der Waals surface area contributed by atoms with Crippen LogP contribution in [0.3, 0.4) is 0 Å². The average Bonchev–Trinajstić information content (AvgIpc) is 3.12. The molecule has 1 fully saturated rings. The molecular formula is C18H22N4O3. The van der Waals surface area contributed by atoms with Gasteiger partial charge in [-0.15, -0.1) is 0 Å². The Morgan fingerprint density at radius 1 is 1.36 bits per heavy atom. The molecule has 7 nitrogen and oxygen atoms in total. The number of rotatable bonds is 5. The van der Waals surface area contributed by atoms with Gasteiger partial charge in [-0.25, -0.2) is 9.97 Å². The quantitative estimate of drug-likeness (QED) is 0.893. The van der Waals surface area contributed by atoms with Gasteiger partial charge in [0.1, 0.15) is 18.1 Å². The van der Waals surface area contributed by atoms with E-state index in [1.54, 1.807) is 20.2 Å². The summed E-state index contributed by atoms with van der Waals surface area (Å²) in [5.41, 5.74) is 7.43. The lowest BCUT2D eigenvalue weighted by molar-refractivity contribution is 0.0680. The number of nitrogen functional groups attached to an aromatic ring is 1. The van der Waals surface area contributed by atoms with Gasteiger partial charge in [0.05, 0.1) is 11.8 Å². The van der Waals surface area contributed by atoms with Crippen LogP contribution in [0.15, 0.2) is 30.3 Å². The summed E-state index contributed by atoms with van der Waals surface area (Å²) < 4.78 is 11.4. The van der Waals surface area contributed by atoms with E-state index in [-0.39, 0.29) is 23.7 Å². The summed E-state index contributed by atoms with van der Waals surface area (Å²) in [6, 6.07) is 9.17. The van der Waals surface area contributed by atoms with Crippen molar-refractivity contribution in [3.8, 4) is 17.0 Å². The maximum absolute atomic E-state index is 12.1. The minimum Gasteiger partial charge on any atom is -0.491 e. The van der Waals surface area contributed by atoms with Crippen LogP contribution in [-0.4, -0.2) is 54.2 Å². The topological polar surface area (TPSA) is 90.6 Å². The summed E-state index contributed by atoms with van der Waals surface area (Å²) in [6.45, 7) is 1.33. The molecule has 0 radical (unpaired) electrons. The molecule has 1 aromatic carbocycles. The molecule has 0 saturated carbocycles. The van der Waals surface area contributed by atoms with E-state index >= 15 is 0 Å². The molecule has 1 aromatic heterocycles. The van der Waals surface area contributed by atoms with Crippen molar-refractivity contribution in [1.29, 1.82) is 0 Å². The first-order chi connectivity index (χ1) is 12.0. The van der Waals surface area contributed by atoms with Crippen molar-refractivity contribution in [2.24, 2.45) is 0 Å². The molecule has 3 rings (SSSR count). The van der Waals surface area contributed by atoms with Crippen LogP contribution in [0.2, 0.25) is 0 Å². The standard InChI is InChI=1S/C18H22N4O3/c1-22(2)17(23)16-10-15(20-18(19)21-16)12-5-3-6-13(9-12)25-11-14-7-4-8-24-14/h3,5-6,9-10,14H,4,7-8,11H2,1-2H3,(H2,19,20,21). The van der Waals surface area contributed by atoms with E-state index in [4.69, 9.17) is 15.2 Å². The number of aromatic nitrogens is 2. The lowest BCUT2D eigenvalue weighted by Gasteiger charge is -2.13. The molecule has 1 unspecified atom stereocenters. The van der Waals surface area contributed by atoms with E-state index in [9.17, 15) is 4.79 Å². The third-order valence-electron chi connectivity index (χ3n) is 3.96. The van der Waals surface area contributed by atoms with Gasteiger partial charge in [0.25, 0.3) is 5.91 Å². The highest BCUT2D eigenvalue weighted by Crippen LogP contribution is 2.24. The molecule has 2 aromatic rings. The van der Waals surface area contributed by atoms with Crippen molar-refractivity contribution >= 4 is 11.9 Å². The van der Waals surface area contributed by atoms with Crippen LogP contribution >= 0.6 is 0 Å². The third kappa shape index (κ3) is 4.24. The zero-order valence-corrected chi connectivity index (χ0v) is 14.4. The average molecular weight is 342 g/mol. The second-order valence-electron chi connectivity index (χ2n) is 6.17. The van der Waals surface area contributed by atoms with Gasteiger partial charge in [0.2, 0.25) is 5.95 Å². The molecule has 7 heteroatoms. The van der Waals surface area contributed by atoms with Gasteiger partial charge in [-0.1, -0.05) is 12.1 Å². The minimum atomic E-state index is -0.221. The van der Waals surface area contributed by atoms with Crippen molar-refractivity contribution in [2.75, 3.05) is 33.0 Å². The van der Waals surface area contributed by atoms with Crippen molar-refractivity contribution in [3.63, 3.8) is 0 Å². The Morgan fingerprint density at radius 2 is 2.20 bits per heavy atom. The van der Waals surface area contributed by atoms with E-state index in [1.807, 2.05) is 24.3 Å². The first-order valence-electron chi connectivity index (χ1n) is 8.24. The van der Waals surface area contributed by atoms with Gasteiger partial charge < -0.3 is 20.1 Å². The first-order valence-corrected chi connectivity index (χ1v) is 8.24. The Balaban J connectivity index is 1.81. The Labute approximate surface area is 146 Å². The lowest BCUT2D eigenvalue weighted by Crippen LogP contribution is -2.23. The van der Waals surface area contributed by atoms with Gasteiger partial charge >= 0.3 is 0 Å². The second-order valence-corrected chi connectivity index (χ2v) is 6.17. The van der Waals surface area contributed by atoms with Crippen LogP contribution < -0.4 is 10.5 Å². The molecular weight excluding hydrogens is 320 g/mol. The van der Waals surface area contributed by atoms with Gasteiger partial charge in [-0.3, -0.25) is 4.79 Å². The summed E-state index contributed by atoms with van der Waals surface area (Å²) >= 11 is 0. The van der Waals surface area contributed by atoms with E-state index in [0.29, 0.717) is 12.3 Å². The summed E-state index contributed by atoms with van der Waals surface area (Å²) in [7, 11) is 3.33. The SMILES string of the molecule is CN(C)C(=O)c1cc(-c2cccc(OCC3CCCO3)c2)nc(N)n1. The zero-order chi connectivity index (χ0) is 17.8. The van der Waals surface area contributed by atoms with Gasteiger partial charge in [0.15, 0.2) is 0 Å². The number of anilines is 1. The normalized spacial score (nSPS) is 16.6. The summed E-state index contributed by atoms with van der Waals surface area (Å²) in [4.78, 5) is 21.8. The highest BCUT2D eigenvalue weighted by molar-refractivity contribution is 5.93. The number of amides is 1. The smallest absolute Gasteiger partial charge is 0.272 e. The number of nitrogens with two attached hydrogens (primary N) is 1. The largest absolute Gasteiger partial charge is 0.491 e. The second kappa shape index (κ2) is 7.48. The number of nitrogens with zero attached hydrogens (tertiary/aromatic N) is 3. The van der Waals surface area contributed by atoms with Gasteiger partial charge in [0, 0.05) is 26.3 Å². The zero-order valence-electron chi connectivity index (χ0n) is 14.4. The molecule has 1 saturated heterocycles. The van der Waals surface area contributed by atoms with Crippen LogP contribution in [0.5, 0.6) is 5.75 Å². The maximum Gasteiger partial charge on any atom is 0.272 e. The van der Waals surface area contributed by atoms with Gasteiger partial charge in [-0.05, 0) is 31.0 Å². The molecule has 1 atom stereocenters. The van der Waals surface area contributed by atoms with Crippen LogP contribution in [0.25, 0.3) is 11.3 Å². The molecule has 132 valence electrons. The number of hydrogen-bond donors (Lipinski definition) is 1. The first kappa shape index (κ1) is 17.2. The predicted molar refractivity (Wildman–Crippen MR) is 94.4 cm³/mol. The number of hydrogen-bond acceptors (Lipinski definition) is 6. The van der Waals surface area contributed by atoms with E-state index in [2.05, 4.69) is 9.97 Å². The maximum atomic E-state index is 12.1. The number of benzene rings is 1. The monoisotopic (exact) mass is 342 g/mol. The van der Waals surface area contributed by atoms with Crippen LogP contribution in [-0.2, 0) is 4.74 Å². The number of carbonyl (C=O) groups is 1. The molecule has 2 N–H and O–H groups in total. The Bertz CT molecular complexity index is 758. The van der Waals surface area contributed by atoms with Crippen LogP contribution in [0.4, 0.5) is 5.95 Å². The number of carbonyl (C=O) groups excluding carboxylic acids is 1. The lowest BCUT2D eigenvalue weighted by atomic mass is 10.1. The van der Waals surface area contributed by atoms with Crippen molar-refractivity contribution in [3.05, 3.63) is 36.0 Å². The molecule has 0 spiro atoms. The van der Waals surface area contributed by atoms with E-state index in [1.165, 1.54) is 4.90 Å². The van der Waals surface area contributed by atoms with E-state index < -0.39 is 0 Å². The summed E-state index contributed by atoms with van der Waals surface area (Å²) in [5.74, 6) is 0.570. The fourth-order valence-electron chi connectivity index (χ4n) is 2.66. The molecule has 1 amide bonds. The Morgan fingerprint density at radius 3 is 2.92 bits per heavy atom. The molecule has 0 bridgehead atoms. The highest BCUT2D eigenvalue weighted by Gasteiger charge is 2.17. The Hall–Kier alpha value is -2.67. The molecule has 1 aliphatic rings. The van der Waals surface area contributed by atoms with Crippen LogP contribution in [0.1, 0.15) is 23.3 Å². The molecule has 2 heterocycles. The third-order valence-corrected chi connectivity index (χ3v) is 3.96. The number of ether oxygens (including phenoxy) is 2. The highest BCUT2D eigenvalue weighted by atomic mass is 16.5. The molecule has 1 aliphatic heterocycles. The molecule has 25 heavy (non-hydrogen) atoms. The fraction of sp³-hybridized carbons (Fsp3) is 0.389. The predicted octanol–water partition coefficient (Wildman–Crippen LogP) is 1.99. The minimum absolute atomic E-state index is 0.0633.